The number of nitro groups is 1. The molecule has 0 unspecified atom stereocenters. The van der Waals surface area contributed by atoms with Gasteiger partial charge in [-0.3, -0.25) is 14.9 Å². The van der Waals surface area contributed by atoms with Crippen molar-refractivity contribution in [2.75, 3.05) is 0 Å². The van der Waals surface area contributed by atoms with Gasteiger partial charge in [0.25, 0.3) is 5.69 Å². The second-order valence-corrected chi connectivity index (χ2v) is 3.23. The van der Waals surface area contributed by atoms with Crippen LogP contribution in [-0.2, 0) is 0 Å². The number of non-ortho nitro benzene ring substituents is 1. The Morgan fingerprint density at radius 3 is 2.75 bits per heavy atom. The van der Waals surface area contributed by atoms with E-state index < -0.39 is 4.92 Å². The molecule has 1 rings (SSSR count). The first-order valence-electron chi connectivity index (χ1n) is 4.64. The first kappa shape index (κ1) is 11.8. The fourth-order valence-electron chi connectivity index (χ4n) is 1.23. The molecular formula is C12H11NO3. The first-order chi connectivity index (χ1) is 7.56. The second-order valence-electron chi connectivity index (χ2n) is 3.23. The Bertz CT molecular complexity index is 463. The van der Waals surface area contributed by atoms with Crippen molar-refractivity contribution in [1.29, 1.82) is 0 Å². The summed E-state index contributed by atoms with van der Waals surface area (Å²) in [5.41, 5.74) is 0.550. The fourth-order valence-corrected chi connectivity index (χ4v) is 1.23. The summed E-state index contributed by atoms with van der Waals surface area (Å²) in [6, 6.07) is 5.60. The predicted octanol–water partition coefficient (Wildman–Crippen LogP) is 2.91. The van der Waals surface area contributed by atoms with Gasteiger partial charge >= 0.3 is 0 Å². The Kier molecular flexibility index (Phi) is 3.72. The highest BCUT2D eigenvalue weighted by Gasteiger charge is 2.13. The Labute approximate surface area is 93.1 Å². The molecule has 0 aliphatic heterocycles. The van der Waals surface area contributed by atoms with Crippen LogP contribution in [0.25, 0.3) is 0 Å². The van der Waals surface area contributed by atoms with Gasteiger partial charge in [0.05, 0.1) is 4.92 Å². The highest BCUT2D eigenvalue weighted by Crippen LogP contribution is 2.16. The maximum Gasteiger partial charge on any atom is 0.270 e. The van der Waals surface area contributed by atoms with E-state index in [4.69, 9.17) is 0 Å². The number of carbonyl (C=O) groups is 1. The Hall–Kier alpha value is -2.23. The van der Waals surface area contributed by atoms with Gasteiger partial charge in [-0.15, -0.1) is 6.58 Å². The maximum absolute atomic E-state index is 11.7. The number of hydrogen-bond acceptors (Lipinski definition) is 3. The third-order valence-corrected chi connectivity index (χ3v) is 2.03. The van der Waals surface area contributed by atoms with Crippen molar-refractivity contribution in [2.24, 2.45) is 0 Å². The number of Topliss-reactive ketones (excluding diaryl/α,β-unsaturated/α-hetero) is 1. The molecule has 0 fully saturated rings. The van der Waals surface area contributed by atoms with Crippen LogP contribution in [0, 0.1) is 10.1 Å². The van der Waals surface area contributed by atoms with Crippen molar-refractivity contribution in [2.45, 2.75) is 6.42 Å². The van der Waals surface area contributed by atoms with Gasteiger partial charge in [0.2, 0.25) is 0 Å². The lowest BCUT2D eigenvalue weighted by Gasteiger charge is -2.01. The zero-order valence-electron chi connectivity index (χ0n) is 8.68. The molecule has 82 valence electrons. The van der Waals surface area contributed by atoms with E-state index in [2.05, 4.69) is 13.2 Å². The Morgan fingerprint density at radius 2 is 2.19 bits per heavy atom. The van der Waals surface area contributed by atoms with Crippen LogP contribution in [0.2, 0.25) is 0 Å². The highest BCUT2D eigenvalue weighted by atomic mass is 16.6. The van der Waals surface area contributed by atoms with Crippen LogP contribution >= 0.6 is 0 Å². The Balaban J connectivity index is 3.00. The minimum Gasteiger partial charge on any atom is -0.289 e. The maximum atomic E-state index is 11.7. The molecule has 0 saturated heterocycles. The largest absolute Gasteiger partial charge is 0.289 e. The lowest BCUT2D eigenvalue weighted by Crippen LogP contribution is -2.02. The average molecular weight is 217 g/mol. The van der Waals surface area contributed by atoms with Crippen molar-refractivity contribution < 1.29 is 9.72 Å². The molecule has 0 aromatic heterocycles. The van der Waals surface area contributed by atoms with Crippen molar-refractivity contribution in [3.63, 3.8) is 0 Å². The van der Waals surface area contributed by atoms with Crippen molar-refractivity contribution in [1.82, 2.24) is 0 Å². The Morgan fingerprint density at radius 1 is 1.50 bits per heavy atom. The molecule has 0 spiro atoms. The van der Waals surface area contributed by atoms with Gasteiger partial charge in [-0.05, 0) is 12.0 Å². The monoisotopic (exact) mass is 217 g/mol. The minimum atomic E-state index is -0.535. The van der Waals surface area contributed by atoms with Crippen LogP contribution in [0.3, 0.4) is 0 Å². The zero-order chi connectivity index (χ0) is 12.1. The zero-order valence-corrected chi connectivity index (χ0v) is 8.68. The van der Waals surface area contributed by atoms with Crippen molar-refractivity contribution >= 4 is 11.5 Å². The molecule has 16 heavy (non-hydrogen) atoms. The number of rotatable bonds is 5. The summed E-state index contributed by atoms with van der Waals surface area (Å²) in [4.78, 5) is 21.7. The number of carbonyl (C=O) groups excluding carboxylic acids is 1. The molecule has 0 aliphatic carbocycles. The smallest absolute Gasteiger partial charge is 0.270 e. The number of benzene rings is 1. The van der Waals surface area contributed by atoms with E-state index in [1.165, 1.54) is 24.3 Å². The van der Waals surface area contributed by atoms with Crippen LogP contribution in [0.4, 0.5) is 5.69 Å². The molecule has 1 aromatic carbocycles. The fraction of sp³-hybridized carbons (Fsp3) is 0.0833. The molecule has 4 nitrogen and oxygen atoms in total. The standard InChI is InChI=1S/C12H11NO3/c1-3-5-9(2)12(14)10-6-4-7-11(8-10)13(15)16/h3-4,6-8H,1-2,5H2. The predicted molar refractivity (Wildman–Crippen MR) is 61.4 cm³/mol. The normalized spacial score (nSPS) is 9.50. The van der Waals surface area contributed by atoms with E-state index in [1.807, 2.05) is 0 Å². The summed E-state index contributed by atoms with van der Waals surface area (Å²) in [7, 11) is 0. The summed E-state index contributed by atoms with van der Waals surface area (Å²) in [5, 5.41) is 10.5. The van der Waals surface area contributed by atoms with Gasteiger partial charge in [0.1, 0.15) is 0 Å². The van der Waals surface area contributed by atoms with Crippen LogP contribution < -0.4 is 0 Å². The number of nitrogens with zero attached hydrogens (tertiary/aromatic N) is 1. The van der Waals surface area contributed by atoms with E-state index in [0.29, 0.717) is 12.0 Å². The van der Waals surface area contributed by atoms with E-state index in [-0.39, 0.29) is 17.0 Å². The average Bonchev–Trinajstić information content (AvgIpc) is 2.28. The number of ketones is 1. The third-order valence-electron chi connectivity index (χ3n) is 2.03. The second kappa shape index (κ2) is 5.02. The lowest BCUT2D eigenvalue weighted by atomic mass is 10.0. The number of allylic oxidation sites excluding steroid dienone is 2. The summed E-state index contributed by atoms with van der Waals surface area (Å²) in [6.07, 6.45) is 1.94. The third kappa shape index (κ3) is 2.63. The summed E-state index contributed by atoms with van der Waals surface area (Å²) >= 11 is 0. The molecule has 0 bridgehead atoms. The van der Waals surface area contributed by atoms with Gasteiger partial charge < -0.3 is 0 Å². The molecule has 0 aliphatic rings. The molecule has 0 amide bonds. The quantitative estimate of drug-likeness (QED) is 0.250. The van der Waals surface area contributed by atoms with E-state index in [0.717, 1.165) is 0 Å². The molecule has 1 aromatic rings. The highest BCUT2D eigenvalue weighted by molar-refractivity contribution is 6.08. The molecule has 0 heterocycles. The summed E-state index contributed by atoms with van der Waals surface area (Å²) < 4.78 is 0. The molecule has 0 atom stereocenters. The van der Waals surface area contributed by atoms with Crippen LogP contribution in [0.5, 0.6) is 0 Å². The SMILES string of the molecule is C=CCC(=C)C(=O)c1cccc([N+](=O)[O-])c1. The molecule has 0 N–H and O–H groups in total. The van der Waals surface area contributed by atoms with E-state index in [1.54, 1.807) is 6.08 Å². The van der Waals surface area contributed by atoms with E-state index in [9.17, 15) is 14.9 Å². The van der Waals surface area contributed by atoms with Gasteiger partial charge in [0.15, 0.2) is 5.78 Å². The van der Waals surface area contributed by atoms with Crippen LogP contribution in [0.1, 0.15) is 16.8 Å². The molecule has 0 saturated carbocycles. The van der Waals surface area contributed by atoms with E-state index >= 15 is 0 Å². The van der Waals surface area contributed by atoms with Crippen LogP contribution in [0.15, 0.2) is 49.1 Å². The first-order valence-corrected chi connectivity index (χ1v) is 4.64. The van der Waals surface area contributed by atoms with Crippen LogP contribution in [-0.4, -0.2) is 10.7 Å². The lowest BCUT2D eigenvalue weighted by molar-refractivity contribution is -0.384. The summed E-state index contributed by atoms with van der Waals surface area (Å²) in [6.45, 7) is 7.11. The number of hydrogen-bond donors (Lipinski definition) is 0. The van der Waals surface area contributed by atoms with Crippen molar-refractivity contribution in [3.05, 3.63) is 64.8 Å². The summed E-state index contributed by atoms with van der Waals surface area (Å²) in [5.74, 6) is -0.288. The number of nitro benzene ring substituents is 1. The van der Waals surface area contributed by atoms with Crippen molar-refractivity contribution in [3.8, 4) is 0 Å². The van der Waals surface area contributed by atoms with Gasteiger partial charge in [-0.25, -0.2) is 0 Å². The topological polar surface area (TPSA) is 60.2 Å². The molecule has 4 heteroatoms. The molecular weight excluding hydrogens is 206 g/mol. The van der Waals surface area contributed by atoms with Gasteiger partial charge in [-0.2, -0.15) is 0 Å². The van der Waals surface area contributed by atoms with Gasteiger partial charge in [0, 0.05) is 17.7 Å². The molecule has 0 radical (unpaired) electrons. The minimum absolute atomic E-state index is 0.0998. The van der Waals surface area contributed by atoms with Gasteiger partial charge in [-0.1, -0.05) is 24.8 Å².